The second-order valence-electron chi connectivity index (χ2n) is 4.20. The van der Waals surface area contributed by atoms with E-state index in [9.17, 15) is 0 Å². The van der Waals surface area contributed by atoms with E-state index in [1.54, 1.807) is 0 Å². The van der Waals surface area contributed by atoms with Gasteiger partial charge in [-0.2, -0.15) is 0 Å². The number of rotatable bonds is 8. The van der Waals surface area contributed by atoms with Crippen molar-refractivity contribution >= 4 is 11.5 Å². The lowest BCUT2D eigenvalue weighted by Gasteiger charge is -2.08. The molecule has 1 heterocycles. The maximum absolute atomic E-state index is 5.85. The second-order valence-corrected chi connectivity index (χ2v) is 4.20. The summed E-state index contributed by atoms with van der Waals surface area (Å²) in [5.41, 5.74) is 7.63. The van der Waals surface area contributed by atoms with Gasteiger partial charge in [0.15, 0.2) is 0 Å². The van der Waals surface area contributed by atoms with E-state index in [-0.39, 0.29) is 0 Å². The minimum atomic E-state index is 0.705. The molecule has 17 heavy (non-hydrogen) atoms. The SMILES string of the molecule is CCCCOCCCNc1ncc(C)cc1N. The number of pyridine rings is 1. The van der Waals surface area contributed by atoms with Crippen LogP contribution in [0.25, 0.3) is 0 Å². The van der Waals surface area contributed by atoms with Gasteiger partial charge in [-0.25, -0.2) is 4.98 Å². The van der Waals surface area contributed by atoms with E-state index < -0.39 is 0 Å². The number of nitrogens with two attached hydrogens (primary N) is 1. The Balaban J connectivity index is 2.14. The predicted molar refractivity (Wildman–Crippen MR) is 72.2 cm³/mol. The molecule has 0 unspecified atom stereocenters. The zero-order valence-electron chi connectivity index (χ0n) is 10.8. The Morgan fingerprint density at radius 3 is 2.82 bits per heavy atom. The van der Waals surface area contributed by atoms with Crippen molar-refractivity contribution in [3.05, 3.63) is 17.8 Å². The Kier molecular flexibility index (Phi) is 6.40. The molecule has 3 N–H and O–H groups in total. The van der Waals surface area contributed by atoms with Crippen LogP contribution in [0.4, 0.5) is 11.5 Å². The number of aryl methyl sites for hydroxylation is 1. The highest BCUT2D eigenvalue weighted by atomic mass is 16.5. The van der Waals surface area contributed by atoms with Crippen LogP contribution in [0.2, 0.25) is 0 Å². The lowest BCUT2D eigenvalue weighted by atomic mass is 10.3. The quantitative estimate of drug-likeness (QED) is 0.682. The van der Waals surface area contributed by atoms with Gasteiger partial charge < -0.3 is 15.8 Å². The number of nitrogens with one attached hydrogen (secondary N) is 1. The average Bonchev–Trinajstić information content (AvgIpc) is 2.30. The van der Waals surface area contributed by atoms with Crippen LogP contribution in [0.15, 0.2) is 12.3 Å². The molecule has 0 aliphatic heterocycles. The first-order valence-electron chi connectivity index (χ1n) is 6.27. The van der Waals surface area contributed by atoms with Crippen LogP contribution in [-0.4, -0.2) is 24.7 Å². The molecule has 4 nitrogen and oxygen atoms in total. The monoisotopic (exact) mass is 237 g/mol. The normalized spacial score (nSPS) is 10.5. The van der Waals surface area contributed by atoms with Gasteiger partial charge in [0.25, 0.3) is 0 Å². The number of nitrogen functional groups attached to an aromatic ring is 1. The molecule has 0 aromatic carbocycles. The van der Waals surface area contributed by atoms with Crippen LogP contribution >= 0.6 is 0 Å². The van der Waals surface area contributed by atoms with Gasteiger partial charge in [-0.3, -0.25) is 0 Å². The van der Waals surface area contributed by atoms with E-state index in [4.69, 9.17) is 10.5 Å². The molecule has 1 aromatic rings. The maximum atomic E-state index is 5.85. The Morgan fingerprint density at radius 2 is 2.12 bits per heavy atom. The molecule has 0 aliphatic carbocycles. The summed E-state index contributed by atoms with van der Waals surface area (Å²) in [4.78, 5) is 4.25. The van der Waals surface area contributed by atoms with Gasteiger partial charge in [0, 0.05) is 26.0 Å². The van der Waals surface area contributed by atoms with Crippen molar-refractivity contribution in [1.82, 2.24) is 4.98 Å². The summed E-state index contributed by atoms with van der Waals surface area (Å²) in [6.45, 7) is 6.64. The van der Waals surface area contributed by atoms with Crippen LogP contribution < -0.4 is 11.1 Å². The molecule has 0 fully saturated rings. The minimum absolute atomic E-state index is 0.705. The molecular weight excluding hydrogens is 214 g/mol. The smallest absolute Gasteiger partial charge is 0.149 e. The summed E-state index contributed by atoms with van der Waals surface area (Å²) < 4.78 is 5.47. The summed E-state index contributed by atoms with van der Waals surface area (Å²) >= 11 is 0. The summed E-state index contributed by atoms with van der Waals surface area (Å²) in [5, 5.41) is 3.21. The number of nitrogens with zero attached hydrogens (tertiary/aromatic N) is 1. The third-order valence-corrected chi connectivity index (χ3v) is 2.45. The van der Waals surface area contributed by atoms with Gasteiger partial charge in [-0.1, -0.05) is 13.3 Å². The number of hydrogen-bond donors (Lipinski definition) is 2. The van der Waals surface area contributed by atoms with Crippen LogP contribution in [0, 0.1) is 6.92 Å². The molecule has 0 amide bonds. The summed E-state index contributed by atoms with van der Waals surface area (Å²) in [6.07, 6.45) is 5.11. The number of hydrogen-bond acceptors (Lipinski definition) is 4. The number of anilines is 2. The second kappa shape index (κ2) is 7.90. The Hall–Kier alpha value is -1.29. The molecule has 0 bridgehead atoms. The van der Waals surface area contributed by atoms with Crippen molar-refractivity contribution in [2.45, 2.75) is 33.1 Å². The van der Waals surface area contributed by atoms with Crippen molar-refractivity contribution in [1.29, 1.82) is 0 Å². The van der Waals surface area contributed by atoms with E-state index in [2.05, 4.69) is 17.2 Å². The average molecular weight is 237 g/mol. The molecule has 0 radical (unpaired) electrons. The molecule has 96 valence electrons. The molecule has 0 aliphatic rings. The molecule has 1 aromatic heterocycles. The Labute approximate surface area is 104 Å². The van der Waals surface area contributed by atoms with Gasteiger partial charge in [-0.05, 0) is 31.4 Å². The maximum Gasteiger partial charge on any atom is 0.149 e. The minimum Gasteiger partial charge on any atom is -0.396 e. The number of ether oxygens (including phenoxy) is 1. The van der Waals surface area contributed by atoms with Gasteiger partial charge in [0.2, 0.25) is 0 Å². The molecule has 0 saturated heterocycles. The van der Waals surface area contributed by atoms with Crippen LogP contribution in [-0.2, 0) is 4.74 Å². The van der Waals surface area contributed by atoms with E-state index in [1.807, 2.05) is 19.2 Å². The first kappa shape index (κ1) is 13.8. The topological polar surface area (TPSA) is 60.2 Å². The van der Waals surface area contributed by atoms with Crippen LogP contribution in [0.3, 0.4) is 0 Å². The van der Waals surface area contributed by atoms with Crippen molar-refractivity contribution in [3.63, 3.8) is 0 Å². The predicted octanol–water partition coefficient (Wildman–Crippen LogP) is 2.59. The zero-order valence-corrected chi connectivity index (χ0v) is 10.8. The molecule has 0 saturated carbocycles. The van der Waals surface area contributed by atoms with Crippen molar-refractivity contribution in [3.8, 4) is 0 Å². The van der Waals surface area contributed by atoms with Crippen LogP contribution in [0.1, 0.15) is 31.7 Å². The molecule has 4 heteroatoms. The van der Waals surface area contributed by atoms with E-state index in [1.165, 1.54) is 6.42 Å². The fraction of sp³-hybridized carbons (Fsp3) is 0.615. The summed E-state index contributed by atoms with van der Waals surface area (Å²) in [6, 6.07) is 1.92. The lowest BCUT2D eigenvalue weighted by Crippen LogP contribution is -2.09. The summed E-state index contributed by atoms with van der Waals surface area (Å²) in [5.74, 6) is 0.768. The third-order valence-electron chi connectivity index (χ3n) is 2.45. The van der Waals surface area contributed by atoms with Crippen LogP contribution in [0.5, 0.6) is 0 Å². The van der Waals surface area contributed by atoms with Gasteiger partial charge in [0.1, 0.15) is 5.82 Å². The summed E-state index contributed by atoms with van der Waals surface area (Å²) in [7, 11) is 0. The van der Waals surface area contributed by atoms with E-state index in [0.29, 0.717) is 5.69 Å². The highest BCUT2D eigenvalue weighted by Gasteiger charge is 1.99. The fourth-order valence-corrected chi connectivity index (χ4v) is 1.47. The Morgan fingerprint density at radius 1 is 1.35 bits per heavy atom. The first-order chi connectivity index (χ1) is 8.24. The third kappa shape index (κ3) is 5.54. The number of unbranched alkanes of at least 4 members (excludes halogenated alkanes) is 1. The first-order valence-corrected chi connectivity index (χ1v) is 6.27. The van der Waals surface area contributed by atoms with E-state index in [0.717, 1.165) is 44.0 Å². The van der Waals surface area contributed by atoms with Gasteiger partial charge in [0.05, 0.1) is 5.69 Å². The van der Waals surface area contributed by atoms with E-state index >= 15 is 0 Å². The fourth-order valence-electron chi connectivity index (χ4n) is 1.47. The molecule has 0 spiro atoms. The highest BCUT2D eigenvalue weighted by Crippen LogP contribution is 2.15. The highest BCUT2D eigenvalue weighted by molar-refractivity contribution is 5.61. The number of aromatic nitrogens is 1. The van der Waals surface area contributed by atoms with Crippen molar-refractivity contribution < 1.29 is 4.74 Å². The van der Waals surface area contributed by atoms with Gasteiger partial charge in [-0.15, -0.1) is 0 Å². The van der Waals surface area contributed by atoms with Crippen molar-refractivity contribution in [2.75, 3.05) is 30.8 Å². The van der Waals surface area contributed by atoms with Crippen molar-refractivity contribution in [2.24, 2.45) is 0 Å². The molecule has 1 rings (SSSR count). The van der Waals surface area contributed by atoms with Gasteiger partial charge >= 0.3 is 0 Å². The lowest BCUT2D eigenvalue weighted by molar-refractivity contribution is 0.131. The standard InChI is InChI=1S/C13H23N3O/c1-3-4-7-17-8-5-6-15-13-12(14)9-11(2)10-16-13/h9-10H,3-8,14H2,1-2H3,(H,15,16). The molecule has 0 atom stereocenters. The molecular formula is C13H23N3O. The zero-order chi connectivity index (χ0) is 12.5. The largest absolute Gasteiger partial charge is 0.396 e. The Bertz CT molecular complexity index is 328.